The minimum absolute atomic E-state index is 0.286. The number of ketones is 1. The van der Waals surface area contributed by atoms with Gasteiger partial charge in [0.05, 0.1) is 6.10 Å². The smallest absolute Gasteiger partial charge is 0.159 e. The second-order valence-corrected chi connectivity index (χ2v) is 8.22. The number of carbonyl (C=O) groups is 1. The van der Waals surface area contributed by atoms with Gasteiger partial charge in [0, 0.05) is 19.4 Å². The number of aryl methyl sites for hydroxylation is 1. The van der Waals surface area contributed by atoms with E-state index >= 15 is 0 Å². The maximum atomic E-state index is 12.8. The highest BCUT2D eigenvalue weighted by atomic mass is 16.5. The quantitative estimate of drug-likeness (QED) is 0.542. The first kappa shape index (κ1) is 19.4. The molecule has 142 valence electrons. The zero-order valence-corrected chi connectivity index (χ0v) is 16.9. The lowest BCUT2D eigenvalue weighted by molar-refractivity contribution is -0.115. The van der Waals surface area contributed by atoms with Crippen LogP contribution in [0.5, 0.6) is 0 Å². The Bertz CT molecular complexity index is 685. The van der Waals surface area contributed by atoms with Crippen molar-refractivity contribution in [3.63, 3.8) is 0 Å². The SMILES string of the molecule is CCCCC[C@@H](CCC1=C2C(CC1=O)Cc1cccc(C)c1C2C)OC. The standard InChI is InChI=1S/C24H34O2/c1-5-6-7-11-20(26-4)12-13-21-22(25)15-19-14-18-10-8-9-16(2)23(18)17(3)24(19)21/h8-10,17,19-20H,5-7,11-15H2,1-4H3/t17?,19?,20-/m0/s1. The van der Waals surface area contributed by atoms with Crippen LogP contribution in [0.2, 0.25) is 0 Å². The van der Waals surface area contributed by atoms with E-state index in [0.717, 1.165) is 37.7 Å². The molecule has 2 nitrogen and oxygen atoms in total. The number of Topliss-reactive ketones (excluding diaryl/α,β-unsaturated/α-hetero) is 1. The highest BCUT2D eigenvalue weighted by Gasteiger charge is 2.39. The molecular formula is C24H34O2. The van der Waals surface area contributed by atoms with E-state index in [1.807, 2.05) is 7.11 Å². The van der Waals surface area contributed by atoms with Crippen molar-refractivity contribution in [2.45, 2.75) is 84.2 Å². The van der Waals surface area contributed by atoms with E-state index in [4.69, 9.17) is 4.74 Å². The summed E-state index contributed by atoms with van der Waals surface area (Å²) >= 11 is 0. The molecule has 3 rings (SSSR count). The van der Waals surface area contributed by atoms with Gasteiger partial charge in [-0.3, -0.25) is 4.79 Å². The average Bonchev–Trinajstić information content (AvgIpc) is 2.93. The van der Waals surface area contributed by atoms with Crippen LogP contribution in [0.15, 0.2) is 29.3 Å². The Labute approximate surface area is 159 Å². The molecule has 2 aliphatic rings. The van der Waals surface area contributed by atoms with E-state index in [1.165, 1.54) is 41.5 Å². The van der Waals surface area contributed by atoms with Crippen LogP contribution >= 0.6 is 0 Å². The third-order valence-corrected chi connectivity index (χ3v) is 6.52. The topological polar surface area (TPSA) is 26.3 Å². The van der Waals surface area contributed by atoms with Crippen LogP contribution in [0.4, 0.5) is 0 Å². The lowest BCUT2D eigenvalue weighted by atomic mass is 9.72. The van der Waals surface area contributed by atoms with E-state index in [2.05, 4.69) is 39.0 Å². The largest absolute Gasteiger partial charge is 0.381 e. The van der Waals surface area contributed by atoms with E-state index in [0.29, 0.717) is 17.6 Å². The third kappa shape index (κ3) is 3.81. The van der Waals surface area contributed by atoms with Gasteiger partial charge in [-0.1, -0.05) is 56.9 Å². The summed E-state index contributed by atoms with van der Waals surface area (Å²) in [5.41, 5.74) is 6.87. The van der Waals surface area contributed by atoms with Crippen LogP contribution in [0.3, 0.4) is 0 Å². The van der Waals surface area contributed by atoms with Crippen molar-refractivity contribution in [2.75, 3.05) is 7.11 Å². The molecule has 0 radical (unpaired) electrons. The van der Waals surface area contributed by atoms with Crippen molar-refractivity contribution in [3.05, 3.63) is 46.0 Å². The summed E-state index contributed by atoms with van der Waals surface area (Å²) in [6.45, 7) is 6.75. The predicted molar refractivity (Wildman–Crippen MR) is 108 cm³/mol. The van der Waals surface area contributed by atoms with Crippen LogP contribution in [-0.2, 0) is 16.0 Å². The molecular weight excluding hydrogens is 320 g/mol. The monoisotopic (exact) mass is 354 g/mol. The average molecular weight is 355 g/mol. The molecule has 2 heteroatoms. The van der Waals surface area contributed by atoms with Gasteiger partial charge in [0.1, 0.15) is 0 Å². The van der Waals surface area contributed by atoms with Gasteiger partial charge in [-0.15, -0.1) is 0 Å². The third-order valence-electron chi connectivity index (χ3n) is 6.52. The molecule has 0 saturated carbocycles. The van der Waals surface area contributed by atoms with Gasteiger partial charge in [0.2, 0.25) is 0 Å². The molecule has 0 aromatic heterocycles. The number of hydrogen-bond donors (Lipinski definition) is 0. The second kappa shape index (κ2) is 8.52. The Morgan fingerprint density at radius 2 is 2.00 bits per heavy atom. The van der Waals surface area contributed by atoms with E-state index < -0.39 is 0 Å². The summed E-state index contributed by atoms with van der Waals surface area (Å²) in [5, 5.41) is 0. The number of rotatable bonds is 8. The first-order chi connectivity index (χ1) is 12.6. The summed E-state index contributed by atoms with van der Waals surface area (Å²) < 4.78 is 5.70. The summed E-state index contributed by atoms with van der Waals surface area (Å²) in [4.78, 5) is 12.8. The molecule has 0 aliphatic heterocycles. The van der Waals surface area contributed by atoms with Gasteiger partial charge in [-0.05, 0) is 60.8 Å². The second-order valence-electron chi connectivity index (χ2n) is 8.22. The van der Waals surface area contributed by atoms with Crippen LogP contribution in [0.1, 0.15) is 81.4 Å². The van der Waals surface area contributed by atoms with Gasteiger partial charge in [0.15, 0.2) is 5.78 Å². The highest BCUT2D eigenvalue weighted by Crippen LogP contribution is 2.48. The van der Waals surface area contributed by atoms with Crippen LogP contribution in [0, 0.1) is 12.8 Å². The van der Waals surface area contributed by atoms with Gasteiger partial charge in [-0.2, -0.15) is 0 Å². The molecule has 0 amide bonds. The molecule has 26 heavy (non-hydrogen) atoms. The molecule has 0 saturated heterocycles. The van der Waals surface area contributed by atoms with Crippen LogP contribution in [0.25, 0.3) is 0 Å². The molecule has 0 bridgehead atoms. The normalized spacial score (nSPS) is 23.2. The number of hydrogen-bond acceptors (Lipinski definition) is 2. The van der Waals surface area contributed by atoms with Crippen molar-refractivity contribution in [3.8, 4) is 0 Å². The summed E-state index contributed by atoms with van der Waals surface area (Å²) in [6, 6.07) is 6.63. The van der Waals surface area contributed by atoms with Gasteiger partial charge < -0.3 is 4.74 Å². The molecule has 0 heterocycles. The van der Waals surface area contributed by atoms with Crippen molar-refractivity contribution < 1.29 is 9.53 Å². The molecule has 1 aromatic carbocycles. The number of benzene rings is 1. The van der Waals surface area contributed by atoms with Crippen molar-refractivity contribution in [1.29, 1.82) is 0 Å². The number of allylic oxidation sites excluding steroid dienone is 2. The van der Waals surface area contributed by atoms with E-state index in [1.54, 1.807) is 0 Å². The fourth-order valence-electron chi connectivity index (χ4n) is 5.21. The Hall–Kier alpha value is -1.41. The Kier molecular flexibility index (Phi) is 6.34. The molecule has 0 N–H and O–H groups in total. The van der Waals surface area contributed by atoms with E-state index in [9.17, 15) is 4.79 Å². The zero-order valence-electron chi connectivity index (χ0n) is 16.9. The van der Waals surface area contributed by atoms with Crippen molar-refractivity contribution in [1.82, 2.24) is 0 Å². The highest BCUT2D eigenvalue weighted by molar-refractivity contribution is 5.99. The minimum Gasteiger partial charge on any atom is -0.381 e. The number of unbranched alkanes of at least 4 members (excludes halogenated alkanes) is 2. The number of carbonyl (C=O) groups excluding carboxylic acids is 1. The first-order valence-corrected chi connectivity index (χ1v) is 10.4. The summed E-state index contributed by atoms with van der Waals surface area (Å²) in [6.07, 6.45) is 8.75. The molecule has 0 spiro atoms. The number of methoxy groups -OCH3 is 1. The lowest BCUT2D eigenvalue weighted by Crippen LogP contribution is -2.19. The molecule has 1 aromatic rings. The Balaban J connectivity index is 1.78. The lowest BCUT2D eigenvalue weighted by Gasteiger charge is -2.31. The molecule has 3 atom stereocenters. The fraction of sp³-hybridized carbons (Fsp3) is 0.625. The van der Waals surface area contributed by atoms with Crippen LogP contribution in [-0.4, -0.2) is 19.0 Å². The van der Waals surface area contributed by atoms with Crippen molar-refractivity contribution in [2.24, 2.45) is 5.92 Å². The Morgan fingerprint density at radius 1 is 1.19 bits per heavy atom. The zero-order chi connectivity index (χ0) is 18.7. The number of fused-ring (bicyclic) bond motifs is 2. The van der Waals surface area contributed by atoms with Crippen molar-refractivity contribution >= 4 is 5.78 Å². The van der Waals surface area contributed by atoms with E-state index in [-0.39, 0.29) is 6.10 Å². The summed E-state index contributed by atoms with van der Waals surface area (Å²) in [7, 11) is 1.82. The first-order valence-electron chi connectivity index (χ1n) is 10.4. The van der Waals surface area contributed by atoms with Gasteiger partial charge >= 0.3 is 0 Å². The predicted octanol–water partition coefficient (Wildman–Crippen LogP) is 5.92. The van der Waals surface area contributed by atoms with Gasteiger partial charge in [-0.25, -0.2) is 0 Å². The molecule has 2 aliphatic carbocycles. The minimum atomic E-state index is 0.286. The molecule has 2 unspecified atom stereocenters. The maximum Gasteiger partial charge on any atom is 0.159 e. The fourth-order valence-corrected chi connectivity index (χ4v) is 5.21. The number of ether oxygens (including phenoxy) is 1. The molecule has 0 fully saturated rings. The maximum absolute atomic E-state index is 12.8. The van der Waals surface area contributed by atoms with Crippen LogP contribution < -0.4 is 0 Å². The van der Waals surface area contributed by atoms with Gasteiger partial charge in [0.25, 0.3) is 0 Å². The Morgan fingerprint density at radius 3 is 2.73 bits per heavy atom. The summed E-state index contributed by atoms with van der Waals surface area (Å²) in [5.74, 6) is 1.21.